The first-order valence-corrected chi connectivity index (χ1v) is 14.2. The Balaban J connectivity index is 1.48. The summed E-state index contributed by atoms with van der Waals surface area (Å²) in [6, 6.07) is 13.1. The van der Waals surface area contributed by atoms with Crippen molar-refractivity contribution in [2.45, 2.75) is 25.3 Å². The molecule has 192 valence electrons. The minimum absolute atomic E-state index is 0.192. The third kappa shape index (κ3) is 5.17. The van der Waals surface area contributed by atoms with Crippen molar-refractivity contribution in [3.8, 4) is 11.1 Å². The average molecular weight is 537 g/mol. The highest BCUT2D eigenvalue weighted by Crippen LogP contribution is 2.30. The highest BCUT2D eigenvalue weighted by molar-refractivity contribution is 7.90. The number of hydrogen-bond donors (Lipinski definition) is 2. The normalized spacial score (nSPS) is 14.7. The van der Waals surface area contributed by atoms with E-state index in [1.54, 1.807) is 41.3 Å². The zero-order valence-corrected chi connectivity index (χ0v) is 22.6. The average Bonchev–Trinajstić information content (AvgIpc) is 2.89. The van der Waals surface area contributed by atoms with Gasteiger partial charge in [0.25, 0.3) is 5.56 Å². The molecule has 2 N–H and O–H groups in total. The van der Waals surface area contributed by atoms with E-state index in [1.807, 2.05) is 13.0 Å². The van der Waals surface area contributed by atoms with E-state index in [1.165, 1.54) is 11.3 Å². The number of rotatable bonds is 6. The van der Waals surface area contributed by atoms with Crippen LogP contribution in [0, 0.1) is 6.92 Å². The number of piperazine rings is 1. The first-order chi connectivity index (χ1) is 17.9. The molecule has 2 aromatic carbocycles. The first kappa shape index (κ1) is 25.5. The molecule has 10 heteroatoms. The van der Waals surface area contributed by atoms with E-state index in [-0.39, 0.29) is 5.56 Å². The first-order valence-electron chi connectivity index (χ1n) is 12.2. The highest BCUT2D eigenvalue weighted by Gasteiger charge is 2.17. The minimum Gasteiger partial charge on any atom is -0.612 e. The van der Waals surface area contributed by atoms with Crippen LogP contribution in [0.1, 0.15) is 12.5 Å². The van der Waals surface area contributed by atoms with E-state index in [0.717, 1.165) is 37.3 Å². The van der Waals surface area contributed by atoms with Crippen LogP contribution in [0.15, 0.2) is 58.4 Å². The Hall–Kier alpha value is -3.11. The number of aromatic nitrogens is 3. The van der Waals surface area contributed by atoms with Gasteiger partial charge in [-0.05, 0) is 67.0 Å². The van der Waals surface area contributed by atoms with Gasteiger partial charge in [-0.3, -0.25) is 9.36 Å². The molecule has 0 radical (unpaired) electrons. The number of fused-ring (bicyclic) bond motifs is 1. The van der Waals surface area contributed by atoms with Crippen LogP contribution in [-0.2, 0) is 17.7 Å². The zero-order chi connectivity index (χ0) is 26.1. The van der Waals surface area contributed by atoms with Gasteiger partial charge in [0.1, 0.15) is 11.9 Å². The van der Waals surface area contributed by atoms with E-state index in [2.05, 4.69) is 44.6 Å². The molecular formula is C27H29ClN6O2S. The van der Waals surface area contributed by atoms with E-state index in [4.69, 9.17) is 11.6 Å². The van der Waals surface area contributed by atoms with E-state index < -0.39 is 11.2 Å². The van der Waals surface area contributed by atoms with Crippen LogP contribution in [0.5, 0.6) is 0 Å². The van der Waals surface area contributed by atoms with Crippen molar-refractivity contribution in [3.05, 3.63) is 69.6 Å². The van der Waals surface area contributed by atoms with Crippen LogP contribution < -0.4 is 21.1 Å². The van der Waals surface area contributed by atoms with Crippen molar-refractivity contribution in [1.82, 2.24) is 19.9 Å². The molecule has 0 bridgehead atoms. The van der Waals surface area contributed by atoms with Crippen molar-refractivity contribution in [1.29, 1.82) is 0 Å². The number of nitrogens with zero attached hydrogens (tertiary/aromatic N) is 4. The van der Waals surface area contributed by atoms with Crippen LogP contribution in [0.25, 0.3) is 22.2 Å². The Morgan fingerprint density at radius 3 is 2.59 bits per heavy atom. The fourth-order valence-electron chi connectivity index (χ4n) is 4.72. The molecule has 1 atom stereocenters. The molecule has 2 aromatic heterocycles. The molecule has 1 fully saturated rings. The maximum absolute atomic E-state index is 13.4. The molecule has 8 nitrogen and oxygen atoms in total. The van der Waals surface area contributed by atoms with Gasteiger partial charge in [0.05, 0.1) is 5.02 Å². The summed E-state index contributed by atoms with van der Waals surface area (Å²) in [7, 11) is 0. The van der Waals surface area contributed by atoms with Gasteiger partial charge in [-0.15, -0.1) is 0 Å². The largest absolute Gasteiger partial charge is 0.612 e. The second-order valence-corrected chi connectivity index (χ2v) is 10.8. The summed E-state index contributed by atoms with van der Waals surface area (Å²) in [4.78, 5) is 25.6. The molecule has 3 heterocycles. The van der Waals surface area contributed by atoms with Gasteiger partial charge in [0.2, 0.25) is 5.95 Å². The number of hydrogen-bond acceptors (Lipinski definition) is 7. The van der Waals surface area contributed by atoms with E-state index in [0.29, 0.717) is 39.2 Å². The van der Waals surface area contributed by atoms with Gasteiger partial charge in [-0.25, -0.2) is 4.98 Å². The van der Waals surface area contributed by atoms with E-state index in [9.17, 15) is 9.35 Å². The molecule has 1 unspecified atom stereocenters. The predicted molar refractivity (Wildman–Crippen MR) is 152 cm³/mol. The number of halogens is 1. The lowest BCUT2D eigenvalue weighted by Gasteiger charge is -2.30. The Labute approximate surface area is 223 Å². The lowest BCUT2D eigenvalue weighted by atomic mass is 10.1. The molecule has 4 aromatic rings. The molecule has 0 spiro atoms. The molecule has 0 amide bonds. The minimum atomic E-state index is -1.16. The summed E-state index contributed by atoms with van der Waals surface area (Å²) >= 11 is 5.32. The number of aryl methyl sites for hydroxylation is 2. The Morgan fingerprint density at radius 2 is 1.92 bits per heavy atom. The maximum atomic E-state index is 13.4. The summed E-state index contributed by atoms with van der Waals surface area (Å²) in [6.07, 6.45) is 3.31. The quantitative estimate of drug-likeness (QED) is 0.354. The van der Waals surface area contributed by atoms with Crippen molar-refractivity contribution >= 4 is 51.1 Å². The molecule has 5 rings (SSSR count). The van der Waals surface area contributed by atoms with Crippen molar-refractivity contribution in [2.24, 2.45) is 0 Å². The summed E-state index contributed by atoms with van der Waals surface area (Å²) in [5.74, 6) is 0.420. The van der Waals surface area contributed by atoms with Crippen LogP contribution in [0.4, 0.5) is 17.3 Å². The number of anilines is 3. The fourth-order valence-corrected chi connectivity index (χ4v) is 5.61. The molecule has 1 saturated heterocycles. The lowest BCUT2D eigenvalue weighted by molar-refractivity contribution is 0.588. The van der Waals surface area contributed by atoms with Gasteiger partial charge in [0.15, 0.2) is 4.90 Å². The van der Waals surface area contributed by atoms with E-state index >= 15 is 0 Å². The Bertz CT molecular complexity index is 1520. The molecule has 1 aliphatic heterocycles. The standard InChI is InChI=1S/C27H29ClN6O2S/c1-4-34-25-18(14-22(26(34)35)21-7-6-20(37(3)36)15-23(21)28)16-30-27(32-25)31-19-5-8-24(17(2)13-19)33-11-9-29-10-12-33/h5-8,13-16,29H,4,9-12H2,1-3H3,(H,30,31,32). The third-order valence-electron chi connectivity index (χ3n) is 6.62. The molecule has 1 aliphatic rings. The van der Waals surface area contributed by atoms with Crippen LogP contribution in [-0.4, -0.2) is 51.5 Å². The van der Waals surface area contributed by atoms with Crippen molar-refractivity contribution in [3.63, 3.8) is 0 Å². The maximum Gasteiger partial charge on any atom is 0.260 e. The van der Waals surface area contributed by atoms with Gasteiger partial charge >= 0.3 is 0 Å². The number of pyridine rings is 1. The zero-order valence-electron chi connectivity index (χ0n) is 21.0. The summed E-state index contributed by atoms with van der Waals surface area (Å²) in [5.41, 5.74) is 4.70. The Morgan fingerprint density at radius 1 is 1.14 bits per heavy atom. The molecular weight excluding hydrogens is 508 g/mol. The second-order valence-electron chi connectivity index (χ2n) is 9.04. The van der Waals surface area contributed by atoms with Crippen LogP contribution >= 0.6 is 11.6 Å². The van der Waals surface area contributed by atoms with Gasteiger partial charge in [-0.1, -0.05) is 11.6 Å². The number of nitrogens with one attached hydrogen (secondary N) is 2. The van der Waals surface area contributed by atoms with Crippen molar-refractivity contribution in [2.75, 3.05) is 42.7 Å². The highest BCUT2D eigenvalue weighted by atomic mass is 35.5. The predicted octanol–water partition coefficient (Wildman–Crippen LogP) is 4.33. The molecule has 0 aliphatic carbocycles. The third-order valence-corrected chi connectivity index (χ3v) is 7.85. The Kier molecular flexibility index (Phi) is 7.39. The van der Waals surface area contributed by atoms with Gasteiger partial charge in [-0.2, -0.15) is 4.98 Å². The van der Waals surface area contributed by atoms with Gasteiger partial charge < -0.3 is 20.1 Å². The summed E-state index contributed by atoms with van der Waals surface area (Å²) in [5, 5.41) is 7.78. The monoisotopic (exact) mass is 536 g/mol. The van der Waals surface area contributed by atoms with Crippen LogP contribution in [0.2, 0.25) is 5.02 Å². The lowest BCUT2D eigenvalue weighted by Crippen LogP contribution is -2.43. The van der Waals surface area contributed by atoms with Crippen LogP contribution in [0.3, 0.4) is 0 Å². The van der Waals surface area contributed by atoms with Crippen molar-refractivity contribution < 1.29 is 4.55 Å². The topological polar surface area (TPSA) is 98.1 Å². The summed E-state index contributed by atoms with van der Waals surface area (Å²) < 4.78 is 13.4. The number of benzene rings is 2. The second kappa shape index (κ2) is 10.7. The summed E-state index contributed by atoms with van der Waals surface area (Å²) in [6.45, 7) is 8.41. The SMILES string of the molecule is CCn1c(=O)c(-c2ccc([S+](C)[O-])cc2Cl)cc2cnc(Nc3ccc(N4CCNCC4)c(C)c3)nc21. The molecule has 0 saturated carbocycles. The van der Waals surface area contributed by atoms with Gasteiger partial charge in [0, 0.05) is 72.9 Å². The smallest absolute Gasteiger partial charge is 0.260 e. The molecule has 37 heavy (non-hydrogen) atoms. The fraction of sp³-hybridized carbons (Fsp3) is 0.296.